The number of carbonyl (C=O) groups excluding carboxylic acids is 2. The summed E-state index contributed by atoms with van der Waals surface area (Å²) in [5.74, 6) is 0.870. The van der Waals surface area contributed by atoms with Gasteiger partial charge in [0.05, 0.1) is 12.9 Å². The van der Waals surface area contributed by atoms with Gasteiger partial charge < -0.3 is 14.4 Å². The number of likely N-dealkylation sites (tertiary alicyclic amines) is 1. The summed E-state index contributed by atoms with van der Waals surface area (Å²) in [6, 6.07) is 0. The van der Waals surface area contributed by atoms with Crippen LogP contribution in [0.1, 0.15) is 19.8 Å². The fourth-order valence-electron chi connectivity index (χ4n) is 1.97. The molecule has 0 N–H and O–H groups in total. The molecule has 5 nitrogen and oxygen atoms in total. The van der Waals surface area contributed by atoms with E-state index in [2.05, 4.69) is 4.74 Å². The predicted octanol–water partition coefficient (Wildman–Crippen LogP) is 1.10. The molecule has 2 heterocycles. The van der Waals surface area contributed by atoms with Gasteiger partial charge in [-0.2, -0.15) is 0 Å². The molecule has 0 spiro atoms. The third-order valence-electron chi connectivity index (χ3n) is 2.83. The maximum atomic E-state index is 11.6. The molecule has 17 heavy (non-hydrogen) atoms. The molecular formula is C11H15NO4S. The van der Waals surface area contributed by atoms with Crippen LogP contribution in [0.3, 0.4) is 0 Å². The molecule has 2 aliphatic heterocycles. The van der Waals surface area contributed by atoms with Crippen LogP contribution < -0.4 is 0 Å². The SMILES string of the molecule is COC(=O)C1=C(C)OC(N2CCCC2=O)CS1. The second kappa shape index (κ2) is 5.00. The van der Waals surface area contributed by atoms with Gasteiger partial charge in [0.1, 0.15) is 10.7 Å². The lowest BCUT2D eigenvalue weighted by atomic mass is 10.4. The third-order valence-corrected chi connectivity index (χ3v) is 4.03. The first kappa shape index (κ1) is 12.3. The minimum Gasteiger partial charge on any atom is -0.473 e. The van der Waals surface area contributed by atoms with Crippen molar-refractivity contribution >= 4 is 23.6 Å². The second-order valence-corrected chi connectivity index (χ2v) is 4.98. The number of hydrogen-bond donors (Lipinski definition) is 0. The normalized spacial score (nSPS) is 24.9. The van der Waals surface area contributed by atoms with Gasteiger partial charge in [-0.05, 0) is 13.3 Å². The zero-order valence-electron chi connectivity index (χ0n) is 9.89. The molecule has 0 saturated carbocycles. The molecule has 2 aliphatic rings. The number of methoxy groups -OCH3 is 1. The van der Waals surface area contributed by atoms with Crippen molar-refractivity contribution in [2.45, 2.75) is 26.0 Å². The van der Waals surface area contributed by atoms with Gasteiger partial charge in [0, 0.05) is 13.0 Å². The first-order chi connectivity index (χ1) is 8.13. The molecule has 0 bridgehead atoms. The standard InChI is InChI=1S/C11H15NO4S/c1-7-10(11(14)15-2)17-6-9(16-7)12-5-3-4-8(12)13/h9H,3-6H2,1-2H3. The first-order valence-electron chi connectivity index (χ1n) is 5.51. The Kier molecular flexibility index (Phi) is 3.61. The number of nitrogens with zero attached hydrogens (tertiary/aromatic N) is 1. The van der Waals surface area contributed by atoms with Gasteiger partial charge in [0.2, 0.25) is 5.91 Å². The van der Waals surface area contributed by atoms with E-state index in [1.807, 2.05) is 0 Å². The van der Waals surface area contributed by atoms with Gasteiger partial charge in [-0.25, -0.2) is 4.79 Å². The van der Waals surface area contributed by atoms with Gasteiger partial charge in [0.25, 0.3) is 0 Å². The average Bonchev–Trinajstić information content (AvgIpc) is 2.74. The van der Waals surface area contributed by atoms with Gasteiger partial charge >= 0.3 is 5.97 Å². The van der Waals surface area contributed by atoms with Crippen molar-refractivity contribution in [1.29, 1.82) is 0 Å². The number of hydrogen-bond acceptors (Lipinski definition) is 5. The van der Waals surface area contributed by atoms with Crippen molar-refractivity contribution in [3.63, 3.8) is 0 Å². The lowest BCUT2D eigenvalue weighted by Gasteiger charge is -2.32. The number of amides is 1. The van der Waals surface area contributed by atoms with Crippen LogP contribution in [0.2, 0.25) is 0 Å². The maximum Gasteiger partial charge on any atom is 0.347 e. The van der Waals surface area contributed by atoms with Crippen molar-refractivity contribution in [3.05, 3.63) is 10.7 Å². The molecule has 0 aromatic rings. The molecule has 0 aliphatic carbocycles. The van der Waals surface area contributed by atoms with E-state index in [1.54, 1.807) is 11.8 Å². The fourth-order valence-corrected chi connectivity index (χ4v) is 2.98. The number of thioether (sulfide) groups is 1. The summed E-state index contributed by atoms with van der Waals surface area (Å²) in [6.07, 6.45) is 1.23. The van der Waals surface area contributed by atoms with Crippen LogP contribution in [0, 0.1) is 0 Å². The Labute approximate surface area is 104 Å². The smallest absolute Gasteiger partial charge is 0.347 e. The van der Waals surface area contributed by atoms with Crippen LogP contribution in [-0.2, 0) is 19.1 Å². The van der Waals surface area contributed by atoms with E-state index in [9.17, 15) is 9.59 Å². The average molecular weight is 257 g/mol. The number of rotatable bonds is 2. The summed E-state index contributed by atoms with van der Waals surface area (Å²) in [7, 11) is 1.35. The molecule has 1 atom stereocenters. The molecule has 1 amide bonds. The minimum atomic E-state index is -0.376. The molecule has 94 valence electrons. The molecular weight excluding hydrogens is 242 g/mol. The second-order valence-electron chi connectivity index (χ2n) is 3.95. The topological polar surface area (TPSA) is 55.8 Å². The van der Waals surface area contributed by atoms with Crippen molar-refractivity contribution in [3.8, 4) is 0 Å². The Hall–Kier alpha value is -1.17. The van der Waals surface area contributed by atoms with Crippen molar-refractivity contribution < 1.29 is 19.1 Å². The Balaban J connectivity index is 2.06. The monoisotopic (exact) mass is 257 g/mol. The molecule has 0 aromatic heterocycles. The van der Waals surface area contributed by atoms with Crippen molar-refractivity contribution in [2.75, 3.05) is 19.4 Å². The number of carbonyl (C=O) groups is 2. The van der Waals surface area contributed by atoms with Gasteiger partial charge in [-0.15, -0.1) is 11.8 Å². The number of allylic oxidation sites excluding steroid dienone is 1. The molecule has 0 aromatic carbocycles. The molecule has 6 heteroatoms. The van der Waals surface area contributed by atoms with E-state index in [0.717, 1.165) is 13.0 Å². The molecule has 1 saturated heterocycles. The van der Waals surface area contributed by atoms with E-state index < -0.39 is 0 Å². The summed E-state index contributed by atoms with van der Waals surface area (Å²) in [5.41, 5.74) is 0. The highest BCUT2D eigenvalue weighted by Crippen LogP contribution is 2.32. The lowest BCUT2D eigenvalue weighted by Crippen LogP contribution is -2.41. The zero-order valence-corrected chi connectivity index (χ0v) is 10.7. The first-order valence-corrected chi connectivity index (χ1v) is 6.50. The van der Waals surface area contributed by atoms with Crippen LogP contribution in [0.25, 0.3) is 0 Å². The zero-order chi connectivity index (χ0) is 12.4. The summed E-state index contributed by atoms with van der Waals surface area (Å²) >= 11 is 1.39. The highest BCUT2D eigenvalue weighted by Gasteiger charge is 2.33. The third kappa shape index (κ3) is 2.41. The van der Waals surface area contributed by atoms with Crippen LogP contribution in [0.15, 0.2) is 10.7 Å². The molecule has 0 radical (unpaired) electrons. The quantitative estimate of drug-likeness (QED) is 0.693. The summed E-state index contributed by atoms with van der Waals surface area (Å²) in [4.78, 5) is 25.2. The maximum absolute atomic E-state index is 11.6. The predicted molar refractivity (Wildman–Crippen MR) is 63.0 cm³/mol. The largest absolute Gasteiger partial charge is 0.473 e. The molecule has 1 unspecified atom stereocenters. The van der Waals surface area contributed by atoms with Crippen molar-refractivity contribution in [2.24, 2.45) is 0 Å². The molecule has 1 fully saturated rings. The van der Waals surface area contributed by atoms with Crippen LogP contribution >= 0.6 is 11.8 Å². The Bertz CT molecular complexity index is 380. The number of ether oxygens (including phenoxy) is 2. The van der Waals surface area contributed by atoms with Crippen LogP contribution in [0.5, 0.6) is 0 Å². The van der Waals surface area contributed by atoms with E-state index >= 15 is 0 Å². The highest BCUT2D eigenvalue weighted by molar-refractivity contribution is 8.04. The van der Waals surface area contributed by atoms with E-state index in [1.165, 1.54) is 18.9 Å². The highest BCUT2D eigenvalue weighted by atomic mass is 32.2. The van der Waals surface area contributed by atoms with E-state index in [0.29, 0.717) is 22.8 Å². The van der Waals surface area contributed by atoms with Gasteiger partial charge in [-0.3, -0.25) is 4.79 Å². The summed E-state index contributed by atoms with van der Waals surface area (Å²) in [6.45, 7) is 2.47. The van der Waals surface area contributed by atoms with Crippen LogP contribution in [-0.4, -0.2) is 42.4 Å². The Morgan fingerprint density at radius 1 is 1.59 bits per heavy atom. The summed E-state index contributed by atoms with van der Waals surface area (Å²) in [5, 5.41) is 0. The Morgan fingerprint density at radius 2 is 2.35 bits per heavy atom. The minimum absolute atomic E-state index is 0.130. The lowest BCUT2D eigenvalue weighted by molar-refractivity contribution is -0.137. The van der Waals surface area contributed by atoms with Gasteiger partial charge in [-0.1, -0.05) is 0 Å². The summed E-state index contributed by atoms with van der Waals surface area (Å²) < 4.78 is 10.3. The Morgan fingerprint density at radius 3 is 2.88 bits per heavy atom. The fraction of sp³-hybridized carbons (Fsp3) is 0.636. The van der Waals surface area contributed by atoms with E-state index in [4.69, 9.17) is 4.74 Å². The number of esters is 1. The van der Waals surface area contributed by atoms with E-state index in [-0.39, 0.29) is 18.1 Å². The van der Waals surface area contributed by atoms with Crippen LogP contribution in [0.4, 0.5) is 0 Å². The van der Waals surface area contributed by atoms with Gasteiger partial charge in [0.15, 0.2) is 6.23 Å². The molecule has 2 rings (SSSR count). The van der Waals surface area contributed by atoms with Crippen molar-refractivity contribution in [1.82, 2.24) is 4.90 Å².